The fourth-order valence-corrected chi connectivity index (χ4v) is 4.53. The zero-order valence-electron chi connectivity index (χ0n) is 14.8. The fraction of sp³-hybridized carbons (Fsp3) is 0.526. The van der Waals surface area contributed by atoms with E-state index in [1.54, 1.807) is 23.1 Å². The van der Waals surface area contributed by atoms with Gasteiger partial charge in [0.1, 0.15) is 12.7 Å². The standard InChI is InChI=1S/C19H24ClN5O/c20-16-5-6-18(25-13-21-12-22-25)17(9-16)23-19(26)11-24-8-7-14-3-1-2-4-15(14)10-24/h5-6,9,12-15H,1-4,7-8,10-11H2,(H,23,26). The molecular weight excluding hydrogens is 350 g/mol. The van der Waals surface area contributed by atoms with Crippen molar-refractivity contribution in [3.63, 3.8) is 0 Å². The Labute approximate surface area is 158 Å². The van der Waals surface area contributed by atoms with Crippen molar-refractivity contribution in [1.29, 1.82) is 0 Å². The molecule has 0 spiro atoms. The number of carbonyl (C=O) groups excluding carboxylic acids is 1. The number of carbonyl (C=O) groups is 1. The molecule has 1 amide bonds. The predicted molar refractivity (Wildman–Crippen MR) is 102 cm³/mol. The smallest absolute Gasteiger partial charge is 0.238 e. The van der Waals surface area contributed by atoms with E-state index >= 15 is 0 Å². The predicted octanol–water partition coefficient (Wildman–Crippen LogP) is 3.37. The highest BCUT2D eigenvalue weighted by Gasteiger charge is 2.31. The molecule has 2 aromatic rings. The fourth-order valence-electron chi connectivity index (χ4n) is 4.35. The van der Waals surface area contributed by atoms with E-state index in [0.717, 1.165) is 30.6 Å². The average molecular weight is 374 g/mol. The summed E-state index contributed by atoms with van der Waals surface area (Å²) in [5.41, 5.74) is 1.41. The molecule has 2 unspecified atom stereocenters. The highest BCUT2D eigenvalue weighted by molar-refractivity contribution is 6.31. The van der Waals surface area contributed by atoms with Gasteiger partial charge in [0.05, 0.1) is 17.9 Å². The van der Waals surface area contributed by atoms with E-state index in [4.69, 9.17) is 11.6 Å². The molecule has 2 fully saturated rings. The second-order valence-corrected chi connectivity index (χ2v) is 7.81. The minimum atomic E-state index is -0.0112. The van der Waals surface area contributed by atoms with Crippen molar-refractivity contribution in [2.45, 2.75) is 32.1 Å². The van der Waals surface area contributed by atoms with Crippen molar-refractivity contribution in [2.24, 2.45) is 11.8 Å². The monoisotopic (exact) mass is 373 g/mol. The van der Waals surface area contributed by atoms with Crippen molar-refractivity contribution in [3.05, 3.63) is 35.9 Å². The van der Waals surface area contributed by atoms with Gasteiger partial charge >= 0.3 is 0 Å². The van der Waals surface area contributed by atoms with E-state index in [2.05, 4.69) is 20.3 Å². The Kier molecular flexibility index (Phi) is 5.22. The number of rotatable bonds is 4. The second-order valence-electron chi connectivity index (χ2n) is 7.38. The van der Waals surface area contributed by atoms with Crippen LogP contribution in [0.5, 0.6) is 0 Å². The number of halogens is 1. The quantitative estimate of drug-likeness (QED) is 0.892. The van der Waals surface area contributed by atoms with Gasteiger partial charge in [-0.25, -0.2) is 9.67 Å². The van der Waals surface area contributed by atoms with E-state index in [9.17, 15) is 4.79 Å². The van der Waals surface area contributed by atoms with Gasteiger partial charge in [-0.1, -0.05) is 30.9 Å². The molecule has 7 heteroatoms. The molecule has 0 bridgehead atoms. The Morgan fingerprint density at radius 3 is 2.88 bits per heavy atom. The lowest BCUT2D eigenvalue weighted by atomic mass is 9.75. The van der Waals surface area contributed by atoms with E-state index < -0.39 is 0 Å². The third-order valence-electron chi connectivity index (χ3n) is 5.64. The number of hydrogen-bond donors (Lipinski definition) is 1. The molecule has 1 aromatic carbocycles. The molecule has 4 rings (SSSR count). The van der Waals surface area contributed by atoms with Gasteiger partial charge in [-0.3, -0.25) is 9.69 Å². The summed E-state index contributed by atoms with van der Waals surface area (Å²) < 4.78 is 1.62. The number of nitrogens with zero attached hydrogens (tertiary/aromatic N) is 4. The first-order valence-electron chi connectivity index (χ1n) is 9.36. The zero-order valence-corrected chi connectivity index (χ0v) is 15.5. The molecule has 2 heterocycles. The molecule has 1 aliphatic carbocycles. The van der Waals surface area contributed by atoms with Crippen LogP contribution in [-0.2, 0) is 4.79 Å². The summed E-state index contributed by atoms with van der Waals surface area (Å²) in [6.45, 7) is 2.48. The Morgan fingerprint density at radius 1 is 1.23 bits per heavy atom. The number of amides is 1. The van der Waals surface area contributed by atoms with Crippen LogP contribution in [0.3, 0.4) is 0 Å². The maximum atomic E-state index is 12.6. The van der Waals surface area contributed by atoms with Crippen LogP contribution in [0.15, 0.2) is 30.9 Å². The van der Waals surface area contributed by atoms with Crippen LogP contribution < -0.4 is 5.32 Å². The number of aromatic nitrogens is 3. The number of anilines is 1. The summed E-state index contributed by atoms with van der Waals surface area (Å²) in [5.74, 6) is 1.62. The van der Waals surface area contributed by atoms with E-state index in [-0.39, 0.29) is 5.91 Å². The summed E-state index contributed by atoms with van der Waals surface area (Å²) in [5, 5.41) is 7.73. The Balaban J connectivity index is 1.41. The zero-order chi connectivity index (χ0) is 17.9. The Morgan fingerprint density at radius 2 is 2.08 bits per heavy atom. The van der Waals surface area contributed by atoms with Gasteiger partial charge in [-0.15, -0.1) is 0 Å². The first-order chi connectivity index (χ1) is 12.7. The second kappa shape index (κ2) is 7.76. The SMILES string of the molecule is O=C(CN1CCC2CCCCC2C1)Nc1cc(Cl)ccc1-n1cncn1. The number of benzene rings is 1. The lowest BCUT2D eigenvalue weighted by molar-refractivity contribution is -0.118. The first kappa shape index (κ1) is 17.5. The van der Waals surface area contributed by atoms with E-state index in [1.165, 1.54) is 38.4 Å². The molecule has 6 nitrogen and oxygen atoms in total. The molecular formula is C19H24ClN5O. The lowest BCUT2D eigenvalue weighted by Crippen LogP contribution is -2.44. The number of likely N-dealkylation sites (tertiary alicyclic amines) is 1. The highest BCUT2D eigenvalue weighted by atomic mass is 35.5. The van der Waals surface area contributed by atoms with E-state index in [1.807, 2.05) is 6.07 Å². The van der Waals surface area contributed by atoms with Crippen LogP contribution in [0.25, 0.3) is 5.69 Å². The summed E-state index contributed by atoms with van der Waals surface area (Å²) >= 11 is 6.12. The van der Waals surface area contributed by atoms with Crippen molar-refractivity contribution in [2.75, 3.05) is 25.0 Å². The van der Waals surface area contributed by atoms with Gasteiger partial charge in [0.25, 0.3) is 0 Å². The summed E-state index contributed by atoms with van der Waals surface area (Å²) in [4.78, 5) is 18.9. The van der Waals surface area contributed by atoms with Crippen LogP contribution in [-0.4, -0.2) is 45.2 Å². The summed E-state index contributed by atoms with van der Waals surface area (Å²) in [7, 11) is 0. The number of fused-ring (bicyclic) bond motifs is 1. The topological polar surface area (TPSA) is 63.1 Å². The molecule has 1 aliphatic heterocycles. The Hall–Kier alpha value is -1.92. The maximum Gasteiger partial charge on any atom is 0.238 e. The molecule has 26 heavy (non-hydrogen) atoms. The highest BCUT2D eigenvalue weighted by Crippen LogP contribution is 2.36. The van der Waals surface area contributed by atoms with Crippen molar-refractivity contribution >= 4 is 23.2 Å². The molecule has 1 saturated carbocycles. The summed E-state index contributed by atoms with van der Waals surface area (Å²) in [6, 6.07) is 5.37. The third-order valence-corrected chi connectivity index (χ3v) is 5.88. The van der Waals surface area contributed by atoms with Crippen molar-refractivity contribution in [3.8, 4) is 5.69 Å². The molecule has 1 N–H and O–H groups in total. The van der Waals surface area contributed by atoms with Crippen LogP contribution in [0.2, 0.25) is 5.02 Å². The average Bonchev–Trinajstić information content (AvgIpc) is 3.16. The van der Waals surface area contributed by atoms with Crippen LogP contribution >= 0.6 is 11.6 Å². The van der Waals surface area contributed by atoms with Gasteiger partial charge in [0.15, 0.2) is 0 Å². The minimum absolute atomic E-state index is 0.0112. The van der Waals surface area contributed by atoms with Gasteiger partial charge in [0.2, 0.25) is 5.91 Å². The van der Waals surface area contributed by atoms with Gasteiger partial charge < -0.3 is 5.32 Å². The normalized spacial score (nSPS) is 23.4. The molecule has 138 valence electrons. The minimum Gasteiger partial charge on any atom is -0.323 e. The third kappa shape index (κ3) is 3.91. The van der Waals surface area contributed by atoms with Crippen LogP contribution in [0.4, 0.5) is 5.69 Å². The van der Waals surface area contributed by atoms with Gasteiger partial charge in [0, 0.05) is 11.6 Å². The van der Waals surface area contributed by atoms with Crippen LogP contribution in [0, 0.1) is 11.8 Å². The Bertz CT molecular complexity index is 763. The molecule has 1 aromatic heterocycles. The van der Waals surface area contributed by atoms with E-state index in [0.29, 0.717) is 17.3 Å². The van der Waals surface area contributed by atoms with Gasteiger partial charge in [-0.2, -0.15) is 5.10 Å². The molecule has 2 aliphatic rings. The largest absolute Gasteiger partial charge is 0.323 e. The molecule has 2 atom stereocenters. The van der Waals surface area contributed by atoms with Crippen molar-refractivity contribution in [1.82, 2.24) is 19.7 Å². The maximum absolute atomic E-state index is 12.6. The van der Waals surface area contributed by atoms with Crippen molar-refractivity contribution < 1.29 is 4.79 Å². The molecule has 1 saturated heterocycles. The number of nitrogens with one attached hydrogen (secondary N) is 1. The van der Waals surface area contributed by atoms with Gasteiger partial charge in [-0.05, 0) is 49.4 Å². The molecule has 0 radical (unpaired) electrons. The first-order valence-corrected chi connectivity index (χ1v) is 9.73. The lowest BCUT2D eigenvalue weighted by Gasteiger charge is -2.41. The number of hydrogen-bond acceptors (Lipinski definition) is 4. The summed E-state index contributed by atoms with van der Waals surface area (Å²) in [6.07, 6.45) is 9.69. The van der Waals surface area contributed by atoms with Crippen LogP contribution in [0.1, 0.15) is 32.1 Å². The number of piperidine rings is 1.